The van der Waals surface area contributed by atoms with Crippen molar-refractivity contribution in [2.45, 2.75) is 19.5 Å². The average Bonchev–Trinajstić information content (AvgIpc) is 2.86. The van der Waals surface area contributed by atoms with Gasteiger partial charge in [-0.05, 0) is 29.0 Å². The van der Waals surface area contributed by atoms with Crippen LogP contribution in [0.5, 0.6) is 0 Å². The molecular weight excluding hydrogens is 272 g/mol. The summed E-state index contributed by atoms with van der Waals surface area (Å²) < 4.78 is 0. The molecule has 2 heterocycles. The largest absolute Gasteiger partial charge is 0.389 e. The first-order valence-corrected chi connectivity index (χ1v) is 7.68. The van der Waals surface area contributed by atoms with Gasteiger partial charge in [-0.15, -0.1) is 11.3 Å². The van der Waals surface area contributed by atoms with E-state index in [-0.39, 0.29) is 0 Å². The Bertz CT molecular complexity index is 604. The predicted octanol–water partition coefficient (Wildman–Crippen LogP) is 2.94. The van der Waals surface area contributed by atoms with Crippen LogP contribution in [0, 0.1) is 0 Å². The van der Waals surface area contributed by atoms with Gasteiger partial charge in [0.25, 0.3) is 0 Å². The van der Waals surface area contributed by atoms with Crippen molar-refractivity contribution in [1.29, 1.82) is 0 Å². The normalized spacial score (nSPS) is 15.2. The molecule has 0 unspecified atom stereocenters. The van der Waals surface area contributed by atoms with Crippen molar-refractivity contribution in [3.8, 4) is 0 Å². The van der Waals surface area contributed by atoms with Gasteiger partial charge in [-0.2, -0.15) is 0 Å². The molecule has 2 N–H and O–H groups in total. The number of benzene rings is 1. The number of rotatable bonds is 3. The first-order valence-electron chi connectivity index (χ1n) is 6.39. The Balaban J connectivity index is 1.78. The topological polar surface area (TPSA) is 29.3 Å². The Morgan fingerprint density at radius 2 is 2.16 bits per heavy atom. The van der Waals surface area contributed by atoms with Crippen molar-refractivity contribution in [1.82, 2.24) is 4.90 Å². The quantitative estimate of drug-likeness (QED) is 0.881. The highest BCUT2D eigenvalue weighted by Gasteiger charge is 2.18. The molecule has 0 aliphatic carbocycles. The molecule has 1 aliphatic heterocycles. The summed E-state index contributed by atoms with van der Waals surface area (Å²) in [5, 5.41) is 2.19. The van der Waals surface area contributed by atoms with E-state index in [4.69, 9.17) is 18.0 Å². The second kappa shape index (κ2) is 5.41. The van der Waals surface area contributed by atoms with Crippen molar-refractivity contribution >= 4 is 28.5 Å². The summed E-state index contributed by atoms with van der Waals surface area (Å²) in [7, 11) is 0. The van der Waals surface area contributed by atoms with Gasteiger partial charge in [-0.3, -0.25) is 4.90 Å². The molecule has 2 nitrogen and oxygen atoms in total. The van der Waals surface area contributed by atoms with Crippen LogP contribution < -0.4 is 5.73 Å². The van der Waals surface area contributed by atoms with Gasteiger partial charge in [0.1, 0.15) is 4.99 Å². The Morgan fingerprint density at radius 3 is 3.00 bits per heavy atom. The number of thiophene rings is 1. The van der Waals surface area contributed by atoms with Gasteiger partial charge in [-0.1, -0.05) is 36.5 Å². The zero-order chi connectivity index (χ0) is 13.2. The van der Waals surface area contributed by atoms with E-state index in [1.807, 2.05) is 23.5 Å². The SMILES string of the molecule is NC(=S)c1ccccc1CN1CCc2sccc2C1. The van der Waals surface area contributed by atoms with Gasteiger partial charge in [0.05, 0.1) is 0 Å². The zero-order valence-electron chi connectivity index (χ0n) is 10.6. The van der Waals surface area contributed by atoms with Crippen molar-refractivity contribution in [2.75, 3.05) is 6.54 Å². The molecule has 2 aromatic rings. The number of hydrogen-bond acceptors (Lipinski definition) is 3. The molecule has 0 fully saturated rings. The number of hydrogen-bond donors (Lipinski definition) is 1. The molecule has 1 aromatic carbocycles. The maximum atomic E-state index is 5.79. The van der Waals surface area contributed by atoms with E-state index < -0.39 is 0 Å². The van der Waals surface area contributed by atoms with E-state index in [2.05, 4.69) is 28.5 Å². The summed E-state index contributed by atoms with van der Waals surface area (Å²) >= 11 is 7.00. The minimum atomic E-state index is 0.490. The molecular formula is C15H16N2S2. The van der Waals surface area contributed by atoms with E-state index in [0.717, 1.165) is 31.6 Å². The summed E-state index contributed by atoms with van der Waals surface area (Å²) in [5.74, 6) is 0. The number of thiocarbonyl (C=S) groups is 1. The highest BCUT2D eigenvalue weighted by molar-refractivity contribution is 7.80. The van der Waals surface area contributed by atoms with Gasteiger partial charge in [-0.25, -0.2) is 0 Å². The summed E-state index contributed by atoms with van der Waals surface area (Å²) in [5.41, 5.74) is 9.51. The fraction of sp³-hybridized carbons (Fsp3) is 0.267. The first kappa shape index (κ1) is 12.8. The lowest BCUT2D eigenvalue weighted by molar-refractivity contribution is 0.247. The lowest BCUT2D eigenvalue weighted by Gasteiger charge is -2.27. The van der Waals surface area contributed by atoms with Crippen molar-refractivity contribution in [3.05, 3.63) is 57.3 Å². The van der Waals surface area contributed by atoms with Gasteiger partial charge in [0, 0.05) is 30.1 Å². The van der Waals surface area contributed by atoms with Gasteiger partial charge in [0.2, 0.25) is 0 Å². The van der Waals surface area contributed by atoms with E-state index in [9.17, 15) is 0 Å². The molecule has 0 amide bonds. The van der Waals surface area contributed by atoms with Crippen LogP contribution >= 0.6 is 23.6 Å². The summed E-state index contributed by atoms with van der Waals surface area (Å²) in [6.45, 7) is 3.06. The fourth-order valence-corrected chi connectivity index (χ4v) is 3.67. The average molecular weight is 288 g/mol. The molecule has 0 bridgehead atoms. The Hall–Kier alpha value is -1.23. The number of nitrogens with two attached hydrogens (primary N) is 1. The van der Waals surface area contributed by atoms with E-state index in [1.54, 1.807) is 4.88 Å². The minimum absolute atomic E-state index is 0.490. The third-order valence-electron chi connectivity index (χ3n) is 3.56. The molecule has 0 spiro atoms. The van der Waals surface area contributed by atoms with Gasteiger partial charge < -0.3 is 5.73 Å². The number of nitrogens with zero attached hydrogens (tertiary/aromatic N) is 1. The lowest BCUT2D eigenvalue weighted by Crippen LogP contribution is -2.30. The molecule has 1 aromatic heterocycles. The van der Waals surface area contributed by atoms with Crippen LogP contribution in [0.2, 0.25) is 0 Å². The van der Waals surface area contributed by atoms with Crippen LogP contribution in [-0.4, -0.2) is 16.4 Å². The monoisotopic (exact) mass is 288 g/mol. The first-order chi connectivity index (χ1) is 9.24. The van der Waals surface area contributed by atoms with E-state index in [0.29, 0.717) is 4.99 Å². The third kappa shape index (κ3) is 2.71. The molecule has 0 radical (unpaired) electrons. The summed E-state index contributed by atoms with van der Waals surface area (Å²) in [6, 6.07) is 10.4. The predicted molar refractivity (Wildman–Crippen MR) is 84.5 cm³/mol. The van der Waals surface area contributed by atoms with Crippen LogP contribution in [0.25, 0.3) is 0 Å². The fourth-order valence-electron chi connectivity index (χ4n) is 2.58. The Labute approximate surface area is 122 Å². The highest BCUT2D eigenvalue weighted by Crippen LogP contribution is 2.25. The van der Waals surface area contributed by atoms with Crippen molar-refractivity contribution in [2.24, 2.45) is 5.73 Å². The lowest BCUT2D eigenvalue weighted by atomic mass is 10.0. The molecule has 98 valence electrons. The minimum Gasteiger partial charge on any atom is -0.389 e. The van der Waals surface area contributed by atoms with Crippen LogP contribution in [0.4, 0.5) is 0 Å². The van der Waals surface area contributed by atoms with Gasteiger partial charge >= 0.3 is 0 Å². The maximum absolute atomic E-state index is 5.79. The summed E-state index contributed by atoms with van der Waals surface area (Å²) in [4.78, 5) is 4.49. The molecule has 0 saturated carbocycles. The standard InChI is InChI=1S/C15H16N2S2/c16-15(18)13-4-2-1-3-11(13)9-17-7-5-14-12(10-17)6-8-19-14/h1-4,6,8H,5,7,9-10H2,(H2,16,18). The van der Waals surface area contributed by atoms with E-state index >= 15 is 0 Å². The van der Waals surface area contributed by atoms with Crippen LogP contribution in [0.15, 0.2) is 35.7 Å². The molecule has 0 saturated heterocycles. The van der Waals surface area contributed by atoms with Crippen LogP contribution in [-0.2, 0) is 19.5 Å². The molecule has 3 rings (SSSR count). The number of fused-ring (bicyclic) bond motifs is 1. The third-order valence-corrected chi connectivity index (χ3v) is 4.81. The molecule has 19 heavy (non-hydrogen) atoms. The molecule has 4 heteroatoms. The summed E-state index contributed by atoms with van der Waals surface area (Å²) in [6.07, 6.45) is 1.15. The van der Waals surface area contributed by atoms with Crippen LogP contribution in [0.1, 0.15) is 21.6 Å². The second-order valence-electron chi connectivity index (χ2n) is 4.85. The second-order valence-corrected chi connectivity index (χ2v) is 6.29. The maximum Gasteiger partial charge on any atom is 0.104 e. The smallest absolute Gasteiger partial charge is 0.104 e. The Morgan fingerprint density at radius 1 is 1.32 bits per heavy atom. The zero-order valence-corrected chi connectivity index (χ0v) is 12.3. The Kier molecular flexibility index (Phi) is 3.64. The van der Waals surface area contributed by atoms with Crippen molar-refractivity contribution in [3.63, 3.8) is 0 Å². The van der Waals surface area contributed by atoms with Gasteiger partial charge in [0.15, 0.2) is 0 Å². The molecule has 1 aliphatic rings. The highest BCUT2D eigenvalue weighted by atomic mass is 32.1. The van der Waals surface area contributed by atoms with Crippen LogP contribution in [0.3, 0.4) is 0 Å². The van der Waals surface area contributed by atoms with E-state index in [1.165, 1.54) is 11.1 Å². The molecule has 0 atom stereocenters. The van der Waals surface area contributed by atoms with Crippen molar-refractivity contribution < 1.29 is 0 Å².